The van der Waals surface area contributed by atoms with Gasteiger partial charge in [0.05, 0.1) is 0 Å². The van der Waals surface area contributed by atoms with Crippen LogP contribution in [-0.4, -0.2) is 0 Å². The second-order valence-electron chi connectivity index (χ2n) is 8.89. The van der Waals surface area contributed by atoms with Crippen molar-refractivity contribution < 1.29 is 9.13 Å². The largest absolute Gasteiger partial charge is 0.200 e. The molecule has 0 spiro atoms. The van der Waals surface area contributed by atoms with Gasteiger partial charge in [-0.25, -0.2) is 9.13 Å². The quantitative estimate of drug-likeness (QED) is 0.278. The monoisotopic (exact) mass is 438 g/mol. The summed E-state index contributed by atoms with van der Waals surface area (Å²) in [6.07, 6.45) is 8.75. The topological polar surface area (TPSA) is 7.76 Å². The van der Waals surface area contributed by atoms with Gasteiger partial charge in [0.25, 0.3) is 0 Å². The van der Waals surface area contributed by atoms with E-state index in [9.17, 15) is 0 Å². The third-order valence-corrected chi connectivity index (χ3v) is 6.46. The number of nitrogens with zero attached hydrogens (tertiary/aromatic N) is 2. The molecule has 34 heavy (non-hydrogen) atoms. The Bertz CT molecular complexity index is 1460. The van der Waals surface area contributed by atoms with E-state index in [4.69, 9.17) is 0 Å². The van der Waals surface area contributed by atoms with Crippen molar-refractivity contribution in [2.75, 3.05) is 0 Å². The smallest absolute Gasteiger partial charge is 0.176 e. The molecule has 0 saturated carbocycles. The predicted octanol–water partition coefficient (Wildman–Crippen LogP) is 6.33. The Kier molecular flexibility index (Phi) is 5.33. The van der Waals surface area contributed by atoms with Crippen molar-refractivity contribution in [3.05, 3.63) is 145 Å². The first kappa shape index (κ1) is 20.3. The molecule has 6 rings (SSSR count). The predicted molar refractivity (Wildman–Crippen MR) is 138 cm³/mol. The molecule has 2 aromatic heterocycles. The highest BCUT2D eigenvalue weighted by Gasteiger charge is 2.07. The second kappa shape index (κ2) is 8.92. The van der Waals surface area contributed by atoms with E-state index in [0.717, 1.165) is 13.1 Å². The Labute approximate surface area is 200 Å². The van der Waals surface area contributed by atoms with Crippen LogP contribution in [0.5, 0.6) is 0 Å². The molecular formula is C32H26N2+2. The van der Waals surface area contributed by atoms with Crippen molar-refractivity contribution in [3.8, 4) is 11.1 Å². The first-order valence-electron chi connectivity index (χ1n) is 11.7. The van der Waals surface area contributed by atoms with Crippen LogP contribution >= 0.6 is 0 Å². The maximum absolute atomic E-state index is 2.25. The summed E-state index contributed by atoms with van der Waals surface area (Å²) in [7, 11) is 0. The summed E-state index contributed by atoms with van der Waals surface area (Å²) in [5, 5.41) is 5.08. The van der Waals surface area contributed by atoms with Crippen molar-refractivity contribution in [2.24, 2.45) is 0 Å². The van der Waals surface area contributed by atoms with E-state index in [1.54, 1.807) is 0 Å². The number of hydrogen-bond acceptors (Lipinski definition) is 0. The van der Waals surface area contributed by atoms with Gasteiger partial charge in [-0.05, 0) is 34.0 Å². The van der Waals surface area contributed by atoms with Crippen molar-refractivity contribution >= 4 is 21.5 Å². The fraction of sp³-hybridized carbons (Fsp3) is 0.0625. The molecule has 0 fully saturated rings. The molecule has 0 saturated heterocycles. The third kappa shape index (κ3) is 4.31. The zero-order valence-electron chi connectivity index (χ0n) is 19.0. The molecule has 0 atom stereocenters. The fourth-order valence-electron chi connectivity index (χ4n) is 4.58. The first-order chi connectivity index (χ1) is 16.8. The number of benzene rings is 4. The van der Waals surface area contributed by atoms with Crippen molar-refractivity contribution in [3.63, 3.8) is 0 Å². The molecule has 162 valence electrons. The van der Waals surface area contributed by atoms with Crippen LogP contribution in [0.4, 0.5) is 0 Å². The van der Waals surface area contributed by atoms with E-state index in [1.807, 2.05) is 0 Å². The van der Waals surface area contributed by atoms with Crippen LogP contribution in [0.1, 0.15) is 11.1 Å². The second-order valence-corrected chi connectivity index (χ2v) is 8.89. The molecule has 6 aromatic rings. The van der Waals surface area contributed by atoms with Crippen LogP contribution in [0.15, 0.2) is 134 Å². The van der Waals surface area contributed by atoms with Gasteiger partial charge >= 0.3 is 0 Å². The lowest BCUT2D eigenvalue weighted by Gasteiger charge is -2.05. The van der Waals surface area contributed by atoms with Crippen LogP contribution in [0.25, 0.3) is 32.7 Å². The Morgan fingerprint density at radius 3 is 1.18 bits per heavy atom. The van der Waals surface area contributed by atoms with Gasteiger partial charge in [-0.2, -0.15) is 0 Å². The molecule has 2 heterocycles. The number of hydrogen-bond donors (Lipinski definition) is 0. The highest BCUT2D eigenvalue weighted by atomic mass is 14.9. The normalized spacial score (nSPS) is 11.2. The van der Waals surface area contributed by atoms with E-state index in [2.05, 4.69) is 143 Å². The molecule has 4 aromatic carbocycles. The van der Waals surface area contributed by atoms with E-state index in [0.29, 0.717) is 0 Å². The minimum Gasteiger partial charge on any atom is -0.200 e. The molecule has 0 N–H and O–H groups in total. The van der Waals surface area contributed by atoms with Crippen LogP contribution < -0.4 is 9.13 Å². The average Bonchev–Trinajstić information content (AvgIpc) is 2.89. The first-order valence-corrected chi connectivity index (χ1v) is 11.7. The van der Waals surface area contributed by atoms with Crippen molar-refractivity contribution in [1.29, 1.82) is 0 Å². The molecular weight excluding hydrogens is 412 g/mol. The van der Waals surface area contributed by atoms with Crippen molar-refractivity contribution in [1.82, 2.24) is 0 Å². The summed E-state index contributed by atoms with van der Waals surface area (Å²) < 4.78 is 4.49. The van der Waals surface area contributed by atoms with Crippen LogP contribution in [0.3, 0.4) is 0 Å². The van der Waals surface area contributed by atoms with E-state index in [-0.39, 0.29) is 0 Å². The summed E-state index contributed by atoms with van der Waals surface area (Å²) in [6.45, 7) is 1.74. The van der Waals surface area contributed by atoms with E-state index in [1.165, 1.54) is 43.8 Å². The van der Waals surface area contributed by atoms with Gasteiger partial charge < -0.3 is 0 Å². The minimum absolute atomic E-state index is 0.868. The van der Waals surface area contributed by atoms with Crippen molar-refractivity contribution in [2.45, 2.75) is 13.1 Å². The molecule has 2 nitrogen and oxygen atoms in total. The molecule has 0 aliphatic rings. The summed E-state index contributed by atoms with van der Waals surface area (Å²) in [4.78, 5) is 0. The lowest BCUT2D eigenvalue weighted by atomic mass is 10.0. The molecule has 0 unspecified atom stereocenters. The maximum atomic E-state index is 2.25. The zero-order valence-corrected chi connectivity index (χ0v) is 19.0. The van der Waals surface area contributed by atoms with Gasteiger partial charge in [0.2, 0.25) is 0 Å². The van der Waals surface area contributed by atoms with Gasteiger partial charge in [0.15, 0.2) is 37.9 Å². The standard InChI is InChI=1S/C32H26N2/c1-3-7-31-23-33(19-17-27(31)5-1)21-25-9-13-29(14-10-25)30-15-11-26(12-16-30)22-34-20-18-28-6-2-4-8-32(28)24-34/h1-20,23-24H,21-22H2/q+2. The number of fused-ring (bicyclic) bond motifs is 2. The van der Waals surface area contributed by atoms with Crippen LogP contribution in [-0.2, 0) is 13.1 Å². The SMILES string of the molecule is c1ccc2c[n+](Cc3ccc(-c4ccc(C[n+]5ccc6ccccc6c5)cc4)cc3)ccc2c1. The highest BCUT2D eigenvalue weighted by Crippen LogP contribution is 2.21. The molecule has 0 aliphatic heterocycles. The van der Waals surface area contributed by atoms with Crippen LogP contribution in [0.2, 0.25) is 0 Å². The van der Waals surface area contributed by atoms with Crippen LogP contribution in [0, 0.1) is 0 Å². The number of aromatic nitrogens is 2. The summed E-state index contributed by atoms with van der Waals surface area (Å²) in [6, 6.07) is 39.2. The van der Waals surface area contributed by atoms with Gasteiger partial charge in [0, 0.05) is 34.0 Å². The van der Waals surface area contributed by atoms with Gasteiger partial charge in [-0.15, -0.1) is 0 Å². The van der Waals surface area contributed by atoms with Gasteiger partial charge in [-0.3, -0.25) is 0 Å². The van der Waals surface area contributed by atoms with E-state index >= 15 is 0 Å². The lowest BCUT2D eigenvalue weighted by molar-refractivity contribution is -0.687. The summed E-state index contributed by atoms with van der Waals surface area (Å²) >= 11 is 0. The molecule has 0 aliphatic carbocycles. The molecule has 0 bridgehead atoms. The molecule has 0 radical (unpaired) electrons. The molecule has 2 heteroatoms. The zero-order chi connectivity index (χ0) is 22.7. The Morgan fingerprint density at radius 1 is 0.382 bits per heavy atom. The van der Waals surface area contributed by atoms with Gasteiger partial charge in [-0.1, -0.05) is 84.9 Å². The summed E-state index contributed by atoms with van der Waals surface area (Å²) in [5.74, 6) is 0. The van der Waals surface area contributed by atoms with Gasteiger partial charge in [0.1, 0.15) is 0 Å². The molecule has 0 amide bonds. The Balaban J connectivity index is 1.15. The Hall–Kier alpha value is -4.30. The average molecular weight is 439 g/mol. The highest BCUT2D eigenvalue weighted by molar-refractivity contribution is 5.81. The lowest BCUT2D eigenvalue weighted by Crippen LogP contribution is -2.33. The summed E-state index contributed by atoms with van der Waals surface area (Å²) in [5.41, 5.74) is 5.09. The fourth-order valence-corrected chi connectivity index (χ4v) is 4.58. The maximum Gasteiger partial charge on any atom is 0.176 e. The third-order valence-electron chi connectivity index (χ3n) is 6.46. The number of pyridine rings is 2. The van der Waals surface area contributed by atoms with E-state index < -0.39 is 0 Å². The number of rotatable bonds is 5. The Morgan fingerprint density at radius 2 is 0.765 bits per heavy atom. The minimum atomic E-state index is 0.868.